The van der Waals surface area contributed by atoms with Gasteiger partial charge in [0.05, 0.1) is 19.1 Å². The van der Waals surface area contributed by atoms with Crippen molar-refractivity contribution in [2.24, 2.45) is 0 Å². The zero-order valence-corrected chi connectivity index (χ0v) is 13.4. The van der Waals surface area contributed by atoms with Gasteiger partial charge in [-0.3, -0.25) is 9.88 Å². The number of ether oxygens (including phenoxy) is 2. The molecule has 3 heterocycles. The fourth-order valence-electron chi connectivity index (χ4n) is 2.48. The first-order valence-corrected chi connectivity index (χ1v) is 7.89. The molecule has 1 aliphatic heterocycles. The van der Waals surface area contributed by atoms with Crippen LogP contribution < -0.4 is 4.74 Å². The van der Waals surface area contributed by atoms with E-state index < -0.39 is 0 Å². The highest BCUT2D eigenvalue weighted by Crippen LogP contribution is 2.12. The van der Waals surface area contributed by atoms with Gasteiger partial charge in [-0.2, -0.15) is 0 Å². The molecule has 122 valence electrons. The average Bonchev–Trinajstić information content (AvgIpc) is 3.08. The molecule has 23 heavy (non-hydrogen) atoms. The summed E-state index contributed by atoms with van der Waals surface area (Å²) in [6.45, 7) is 5.92. The summed E-state index contributed by atoms with van der Waals surface area (Å²) in [6.07, 6.45) is 7.64. The topological polar surface area (TPSA) is 47.7 Å². The molecule has 1 unspecified atom stereocenters. The Kier molecular flexibility index (Phi) is 5.45. The van der Waals surface area contributed by atoms with Crippen molar-refractivity contribution in [2.75, 3.05) is 32.8 Å². The van der Waals surface area contributed by atoms with Gasteiger partial charge in [-0.05, 0) is 37.3 Å². The second kappa shape index (κ2) is 7.94. The number of aromatic nitrogens is 1. The highest BCUT2D eigenvalue weighted by atomic mass is 16.5. The average molecular weight is 314 g/mol. The minimum Gasteiger partial charge on any atom is -0.489 e. The molecule has 3 rings (SSSR count). The lowest BCUT2D eigenvalue weighted by Crippen LogP contribution is -2.44. The number of hydrogen-bond donors (Lipinski definition) is 0. The number of morpholine rings is 1. The molecule has 0 radical (unpaired) electrons. The normalized spacial score (nSPS) is 19.3. The molecule has 0 spiro atoms. The maximum atomic E-state index is 5.78. The number of nitrogens with zero attached hydrogens (tertiary/aromatic N) is 2. The van der Waals surface area contributed by atoms with E-state index in [0.717, 1.165) is 43.4 Å². The maximum Gasteiger partial charge on any atom is 0.137 e. The number of hydrogen-bond acceptors (Lipinski definition) is 5. The Morgan fingerprint density at radius 1 is 1.39 bits per heavy atom. The molecular formula is C18H22N2O3. The zero-order chi connectivity index (χ0) is 15.9. The predicted molar refractivity (Wildman–Crippen MR) is 88.4 cm³/mol. The van der Waals surface area contributed by atoms with Crippen LogP contribution in [-0.2, 0) is 4.74 Å². The third kappa shape index (κ3) is 4.94. The van der Waals surface area contributed by atoms with Crippen molar-refractivity contribution >= 4 is 6.08 Å². The molecule has 5 nitrogen and oxygen atoms in total. The summed E-state index contributed by atoms with van der Waals surface area (Å²) in [4.78, 5) is 6.58. The maximum absolute atomic E-state index is 5.78. The van der Waals surface area contributed by atoms with E-state index in [0.29, 0.717) is 6.61 Å². The Bertz CT molecular complexity index is 608. The standard InChI is InChI=1S/C18H22N2O3/c1-15-6-7-17(12-19-15)23-14-18-13-20(9-11-22-18)8-2-4-16-5-3-10-21-16/h2-7,10,12,18H,8-9,11,13-14H2,1H3. The summed E-state index contributed by atoms with van der Waals surface area (Å²) in [5.41, 5.74) is 0.987. The fourth-order valence-corrected chi connectivity index (χ4v) is 2.48. The van der Waals surface area contributed by atoms with Crippen molar-refractivity contribution in [3.05, 3.63) is 54.3 Å². The predicted octanol–water partition coefficient (Wildman–Crippen LogP) is 2.78. The second-order valence-electron chi connectivity index (χ2n) is 5.62. The van der Waals surface area contributed by atoms with Gasteiger partial charge in [-0.15, -0.1) is 0 Å². The van der Waals surface area contributed by atoms with E-state index >= 15 is 0 Å². The Hall–Kier alpha value is -2.11. The highest BCUT2D eigenvalue weighted by molar-refractivity contribution is 5.42. The third-order valence-electron chi connectivity index (χ3n) is 3.73. The molecule has 0 bridgehead atoms. The summed E-state index contributed by atoms with van der Waals surface area (Å²) >= 11 is 0. The lowest BCUT2D eigenvalue weighted by Gasteiger charge is -2.32. The van der Waals surface area contributed by atoms with E-state index in [4.69, 9.17) is 13.9 Å². The van der Waals surface area contributed by atoms with E-state index in [2.05, 4.69) is 16.0 Å². The molecule has 1 fully saturated rings. The summed E-state index contributed by atoms with van der Waals surface area (Å²) < 4.78 is 16.8. The molecule has 5 heteroatoms. The SMILES string of the molecule is Cc1ccc(OCC2CN(CC=Cc3ccco3)CCO2)cn1. The van der Waals surface area contributed by atoms with Crippen LogP contribution in [0.15, 0.2) is 47.2 Å². The van der Waals surface area contributed by atoms with Crippen LogP contribution in [-0.4, -0.2) is 48.8 Å². The van der Waals surface area contributed by atoms with Crippen molar-refractivity contribution in [1.82, 2.24) is 9.88 Å². The molecule has 2 aromatic rings. The van der Waals surface area contributed by atoms with Crippen molar-refractivity contribution in [3.63, 3.8) is 0 Å². The fraction of sp³-hybridized carbons (Fsp3) is 0.389. The number of rotatable bonds is 6. The van der Waals surface area contributed by atoms with Gasteiger partial charge in [0.15, 0.2) is 0 Å². The first-order chi connectivity index (χ1) is 11.3. The molecule has 1 aliphatic rings. The summed E-state index contributed by atoms with van der Waals surface area (Å²) in [7, 11) is 0. The number of aryl methyl sites for hydroxylation is 1. The van der Waals surface area contributed by atoms with Crippen molar-refractivity contribution in [1.29, 1.82) is 0 Å². The monoisotopic (exact) mass is 314 g/mol. The van der Waals surface area contributed by atoms with Crippen molar-refractivity contribution in [3.8, 4) is 5.75 Å². The quantitative estimate of drug-likeness (QED) is 0.820. The van der Waals surface area contributed by atoms with E-state index in [1.54, 1.807) is 12.5 Å². The second-order valence-corrected chi connectivity index (χ2v) is 5.62. The van der Waals surface area contributed by atoms with E-state index in [9.17, 15) is 0 Å². The molecule has 1 atom stereocenters. The lowest BCUT2D eigenvalue weighted by atomic mass is 10.2. The number of pyridine rings is 1. The van der Waals surface area contributed by atoms with E-state index in [1.807, 2.05) is 37.3 Å². The first kappa shape index (κ1) is 15.8. The Balaban J connectivity index is 1.43. The molecule has 0 amide bonds. The molecule has 2 aromatic heterocycles. The molecule has 1 saturated heterocycles. The van der Waals surface area contributed by atoms with Crippen LogP contribution in [0.25, 0.3) is 6.08 Å². The van der Waals surface area contributed by atoms with Crippen molar-refractivity contribution < 1.29 is 13.9 Å². The highest BCUT2D eigenvalue weighted by Gasteiger charge is 2.20. The van der Waals surface area contributed by atoms with Crippen LogP contribution in [0.4, 0.5) is 0 Å². The van der Waals surface area contributed by atoms with Gasteiger partial charge >= 0.3 is 0 Å². The summed E-state index contributed by atoms with van der Waals surface area (Å²) in [5, 5.41) is 0. The first-order valence-electron chi connectivity index (χ1n) is 7.89. The Morgan fingerprint density at radius 3 is 3.13 bits per heavy atom. The van der Waals surface area contributed by atoms with Crippen LogP contribution in [0, 0.1) is 6.92 Å². The third-order valence-corrected chi connectivity index (χ3v) is 3.73. The Labute approximate surface area is 136 Å². The number of furan rings is 1. The van der Waals surface area contributed by atoms with Crippen LogP contribution in [0.2, 0.25) is 0 Å². The van der Waals surface area contributed by atoms with Crippen molar-refractivity contribution in [2.45, 2.75) is 13.0 Å². The lowest BCUT2D eigenvalue weighted by molar-refractivity contribution is -0.0446. The van der Waals surface area contributed by atoms with Gasteiger partial charge in [0.2, 0.25) is 0 Å². The molecule has 0 aliphatic carbocycles. The van der Waals surface area contributed by atoms with Gasteiger partial charge in [-0.1, -0.05) is 6.08 Å². The minimum absolute atomic E-state index is 0.0852. The van der Waals surface area contributed by atoms with Crippen LogP contribution in [0.1, 0.15) is 11.5 Å². The van der Waals surface area contributed by atoms with Crippen LogP contribution >= 0.6 is 0 Å². The van der Waals surface area contributed by atoms with Gasteiger partial charge in [0.25, 0.3) is 0 Å². The molecule has 0 aromatic carbocycles. The van der Waals surface area contributed by atoms with Crippen LogP contribution in [0.5, 0.6) is 5.75 Å². The summed E-state index contributed by atoms with van der Waals surface area (Å²) in [5.74, 6) is 1.67. The van der Waals surface area contributed by atoms with Gasteiger partial charge in [-0.25, -0.2) is 0 Å². The Morgan fingerprint density at radius 2 is 2.35 bits per heavy atom. The zero-order valence-electron chi connectivity index (χ0n) is 13.4. The van der Waals surface area contributed by atoms with E-state index in [-0.39, 0.29) is 6.10 Å². The summed E-state index contributed by atoms with van der Waals surface area (Å²) in [6, 6.07) is 7.72. The smallest absolute Gasteiger partial charge is 0.137 e. The van der Waals surface area contributed by atoms with E-state index in [1.165, 1.54) is 0 Å². The minimum atomic E-state index is 0.0852. The molecule has 0 saturated carbocycles. The molecule has 0 N–H and O–H groups in total. The largest absolute Gasteiger partial charge is 0.489 e. The van der Waals surface area contributed by atoms with Crippen LogP contribution in [0.3, 0.4) is 0 Å². The molecular weight excluding hydrogens is 292 g/mol. The van der Waals surface area contributed by atoms with Gasteiger partial charge in [0, 0.05) is 25.3 Å². The van der Waals surface area contributed by atoms with Gasteiger partial charge in [0.1, 0.15) is 24.2 Å². The van der Waals surface area contributed by atoms with Gasteiger partial charge < -0.3 is 13.9 Å².